The summed E-state index contributed by atoms with van der Waals surface area (Å²) in [6, 6.07) is 11.0. The third kappa shape index (κ3) is 2.74. The number of benzene rings is 2. The molecule has 3 aromatic rings. The van der Waals surface area contributed by atoms with Crippen LogP contribution in [-0.4, -0.2) is 9.55 Å². The predicted octanol–water partition coefficient (Wildman–Crippen LogP) is 5.99. The molecule has 2 nitrogen and oxygen atoms in total. The molecule has 0 aliphatic heterocycles. The van der Waals surface area contributed by atoms with Gasteiger partial charge >= 0.3 is 0 Å². The number of rotatable bonds is 2. The molecule has 0 aliphatic rings. The Kier molecular flexibility index (Phi) is 4.08. The van der Waals surface area contributed by atoms with E-state index in [1.807, 2.05) is 35.8 Å². The molecule has 3 rings (SSSR count). The quantitative estimate of drug-likeness (QED) is 0.455. The Hall–Kier alpha value is -0.910. The lowest BCUT2D eigenvalue weighted by Gasteiger charge is -2.11. The summed E-state index contributed by atoms with van der Waals surface area (Å²) in [6.45, 7) is 1.85. The van der Waals surface area contributed by atoms with Gasteiger partial charge in [-0.1, -0.05) is 22.0 Å². The molecule has 0 saturated heterocycles. The van der Waals surface area contributed by atoms with Gasteiger partial charge in [0.15, 0.2) is 0 Å². The van der Waals surface area contributed by atoms with E-state index < -0.39 is 0 Å². The van der Waals surface area contributed by atoms with Crippen molar-refractivity contribution in [1.82, 2.24) is 9.55 Å². The van der Waals surface area contributed by atoms with Crippen molar-refractivity contribution < 1.29 is 4.39 Å². The van der Waals surface area contributed by atoms with Crippen molar-refractivity contribution in [3.05, 3.63) is 57.0 Å². The summed E-state index contributed by atoms with van der Waals surface area (Å²) in [5.74, 6) is 0.345. The monoisotopic (exact) mass is 430 g/mol. The first-order chi connectivity index (χ1) is 9.97. The number of aromatic nitrogens is 2. The maximum absolute atomic E-state index is 13.7. The molecular weight excluding hydrogens is 422 g/mol. The SMILES string of the molecule is CC(Cl)c1nc2cc(F)c(Br)cc2n1-c1cccc(Br)c1. The summed E-state index contributed by atoms with van der Waals surface area (Å²) in [6.07, 6.45) is 0. The van der Waals surface area contributed by atoms with E-state index in [2.05, 4.69) is 36.8 Å². The minimum Gasteiger partial charge on any atom is -0.295 e. The molecule has 1 heterocycles. The second-order valence-electron chi connectivity index (χ2n) is 4.66. The van der Waals surface area contributed by atoms with E-state index in [0.717, 1.165) is 15.7 Å². The van der Waals surface area contributed by atoms with Crippen LogP contribution < -0.4 is 0 Å². The van der Waals surface area contributed by atoms with Gasteiger partial charge in [0.1, 0.15) is 11.6 Å². The van der Waals surface area contributed by atoms with Gasteiger partial charge in [-0.2, -0.15) is 0 Å². The predicted molar refractivity (Wildman–Crippen MR) is 90.7 cm³/mol. The van der Waals surface area contributed by atoms with Gasteiger partial charge in [0.2, 0.25) is 0 Å². The number of hydrogen-bond acceptors (Lipinski definition) is 1. The molecule has 0 aliphatic carbocycles. The molecule has 108 valence electrons. The Balaban J connectivity index is 2.38. The standard InChI is InChI=1S/C15H10Br2ClFN2/c1-8(18)15-20-13-7-12(19)11(17)6-14(13)21(15)10-4-2-3-9(16)5-10/h2-8H,1H3. The van der Waals surface area contributed by atoms with Gasteiger partial charge in [0.05, 0.1) is 20.9 Å². The highest BCUT2D eigenvalue weighted by Crippen LogP contribution is 2.31. The van der Waals surface area contributed by atoms with Crippen molar-refractivity contribution in [1.29, 1.82) is 0 Å². The van der Waals surface area contributed by atoms with E-state index in [0.29, 0.717) is 15.8 Å². The average Bonchev–Trinajstić information content (AvgIpc) is 2.78. The van der Waals surface area contributed by atoms with Gasteiger partial charge in [0.25, 0.3) is 0 Å². The van der Waals surface area contributed by atoms with Crippen LogP contribution in [0.4, 0.5) is 4.39 Å². The van der Waals surface area contributed by atoms with E-state index in [-0.39, 0.29) is 11.2 Å². The van der Waals surface area contributed by atoms with Crippen LogP contribution in [0.5, 0.6) is 0 Å². The summed E-state index contributed by atoms with van der Waals surface area (Å²) in [7, 11) is 0. The molecular formula is C15H10Br2ClFN2. The van der Waals surface area contributed by atoms with Crippen molar-refractivity contribution >= 4 is 54.5 Å². The first-order valence-corrected chi connectivity index (χ1v) is 8.27. The van der Waals surface area contributed by atoms with Crippen LogP contribution in [0, 0.1) is 5.82 Å². The molecule has 21 heavy (non-hydrogen) atoms. The molecule has 0 spiro atoms. The van der Waals surface area contributed by atoms with Crippen LogP contribution in [0.1, 0.15) is 18.1 Å². The fourth-order valence-electron chi connectivity index (χ4n) is 2.24. The van der Waals surface area contributed by atoms with Gasteiger partial charge < -0.3 is 0 Å². The van der Waals surface area contributed by atoms with Gasteiger partial charge in [-0.05, 0) is 47.1 Å². The zero-order valence-electron chi connectivity index (χ0n) is 10.9. The molecule has 6 heteroatoms. The topological polar surface area (TPSA) is 17.8 Å². The minimum atomic E-state index is -0.338. The van der Waals surface area contributed by atoms with E-state index in [1.54, 1.807) is 6.07 Å². The third-order valence-corrected chi connectivity index (χ3v) is 4.44. The Morgan fingerprint density at radius 1 is 1.24 bits per heavy atom. The number of imidazole rings is 1. The number of hydrogen-bond donors (Lipinski definition) is 0. The van der Waals surface area contributed by atoms with Crippen LogP contribution in [0.3, 0.4) is 0 Å². The number of halogens is 4. The van der Waals surface area contributed by atoms with Gasteiger partial charge in [-0.25, -0.2) is 9.37 Å². The highest BCUT2D eigenvalue weighted by molar-refractivity contribution is 9.10. The van der Waals surface area contributed by atoms with Crippen molar-refractivity contribution in [3.8, 4) is 5.69 Å². The fraction of sp³-hybridized carbons (Fsp3) is 0.133. The zero-order valence-corrected chi connectivity index (χ0v) is 14.9. The Bertz CT molecular complexity index is 830. The normalized spacial score (nSPS) is 12.8. The largest absolute Gasteiger partial charge is 0.295 e. The van der Waals surface area contributed by atoms with Crippen molar-refractivity contribution in [2.75, 3.05) is 0 Å². The lowest BCUT2D eigenvalue weighted by molar-refractivity contribution is 0.623. The summed E-state index contributed by atoms with van der Waals surface area (Å²) >= 11 is 12.9. The maximum atomic E-state index is 13.7. The molecule has 0 fully saturated rings. The van der Waals surface area contributed by atoms with Crippen molar-refractivity contribution in [2.24, 2.45) is 0 Å². The van der Waals surface area contributed by atoms with Crippen LogP contribution in [0.2, 0.25) is 0 Å². The van der Waals surface area contributed by atoms with Gasteiger partial charge in [0, 0.05) is 16.2 Å². The fourth-order valence-corrected chi connectivity index (χ4v) is 3.11. The molecule has 0 radical (unpaired) electrons. The van der Waals surface area contributed by atoms with Crippen LogP contribution in [-0.2, 0) is 0 Å². The molecule has 0 bridgehead atoms. The summed E-state index contributed by atoms with van der Waals surface area (Å²) in [4.78, 5) is 4.48. The smallest absolute Gasteiger partial charge is 0.139 e. The Labute approximate surface area is 143 Å². The second-order valence-corrected chi connectivity index (χ2v) is 7.08. The number of fused-ring (bicyclic) bond motifs is 1. The molecule has 2 aromatic carbocycles. The first kappa shape index (κ1) is 15.0. The first-order valence-electron chi connectivity index (χ1n) is 6.25. The van der Waals surface area contributed by atoms with Crippen LogP contribution in [0.15, 0.2) is 45.3 Å². The van der Waals surface area contributed by atoms with Gasteiger partial charge in [-0.3, -0.25) is 4.57 Å². The third-order valence-electron chi connectivity index (χ3n) is 3.14. The number of nitrogens with zero attached hydrogens (tertiary/aromatic N) is 2. The maximum Gasteiger partial charge on any atom is 0.139 e. The highest BCUT2D eigenvalue weighted by Gasteiger charge is 2.18. The van der Waals surface area contributed by atoms with Crippen molar-refractivity contribution in [2.45, 2.75) is 12.3 Å². The van der Waals surface area contributed by atoms with E-state index in [9.17, 15) is 4.39 Å². The van der Waals surface area contributed by atoms with Crippen LogP contribution in [0.25, 0.3) is 16.7 Å². The van der Waals surface area contributed by atoms with E-state index in [1.165, 1.54) is 6.07 Å². The molecule has 0 amide bonds. The van der Waals surface area contributed by atoms with Crippen molar-refractivity contribution in [3.63, 3.8) is 0 Å². The molecule has 1 aromatic heterocycles. The Morgan fingerprint density at radius 2 is 2.00 bits per heavy atom. The molecule has 1 unspecified atom stereocenters. The zero-order chi connectivity index (χ0) is 15.1. The lowest BCUT2D eigenvalue weighted by Crippen LogP contribution is -2.01. The minimum absolute atomic E-state index is 0.293. The summed E-state index contributed by atoms with van der Waals surface area (Å²) in [5, 5.41) is -0.293. The van der Waals surface area contributed by atoms with E-state index in [4.69, 9.17) is 11.6 Å². The second kappa shape index (κ2) is 5.71. The average molecular weight is 433 g/mol. The molecule has 0 saturated carbocycles. The van der Waals surface area contributed by atoms with Crippen LogP contribution >= 0.6 is 43.5 Å². The molecule has 0 N–H and O–H groups in total. The summed E-state index contributed by atoms with van der Waals surface area (Å²) < 4.78 is 17.0. The van der Waals surface area contributed by atoms with Gasteiger partial charge in [-0.15, -0.1) is 11.6 Å². The lowest BCUT2D eigenvalue weighted by atomic mass is 10.2. The summed E-state index contributed by atoms with van der Waals surface area (Å²) in [5.41, 5.74) is 2.31. The van der Waals surface area contributed by atoms with E-state index >= 15 is 0 Å². The highest BCUT2D eigenvalue weighted by atomic mass is 79.9. The number of alkyl halides is 1. The molecule has 1 atom stereocenters. The Morgan fingerprint density at radius 3 is 2.67 bits per heavy atom.